The molecule has 2 aliphatic rings. The summed E-state index contributed by atoms with van der Waals surface area (Å²) in [5.74, 6) is 0.665. The van der Waals surface area contributed by atoms with Crippen LogP contribution in [0.3, 0.4) is 0 Å². The van der Waals surface area contributed by atoms with E-state index in [0.29, 0.717) is 11.5 Å². The van der Waals surface area contributed by atoms with Crippen molar-refractivity contribution in [1.29, 1.82) is 0 Å². The molecule has 2 aliphatic heterocycles. The van der Waals surface area contributed by atoms with Crippen molar-refractivity contribution < 1.29 is 4.52 Å². The molecule has 0 bridgehead atoms. The van der Waals surface area contributed by atoms with Crippen molar-refractivity contribution in [3.8, 4) is 11.5 Å². The second kappa shape index (κ2) is 7.39. The zero-order valence-electron chi connectivity index (χ0n) is 14.5. The van der Waals surface area contributed by atoms with E-state index in [1.54, 1.807) is 0 Å². The summed E-state index contributed by atoms with van der Waals surface area (Å²) in [7, 11) is 0. The average Bonchev–Trinajstić information content (AvgIpc) is 3.32. The number of likely N-dealkylation sites (tertiary alicyclic amines) is 1. The van der Waals surface area contributed by atoms with Gasteiger partial charge in [0.1, 0.15) is 5.69 Å². The third kappa shape index (κ3) is 3.92. The lowest BCUT2D eigenvalue weighted by molar-refractivity contribution is 0.280. The van der Waals surface area contributed by atoms with Crippen LogP contribution in [0.25, 0.3) is 11.5 Å². The second-order valence-electron chi connectivity index (χ2n) is 7.11. The topological polar surface area (TPSA) is 78.3 Å². The van der Waals surface area contributed by atoms with E-state index in [1.165, 1.54) is 51.7 Å². The van der Waals surface area contributed by atoms with Crippen molar-refractivity contribution in [3.63, 3.8) is 0 Å². The highest BCUT2D eigenvalue weighted by Gasteiger charge is 2.21. The molecule has 0 unspecified atom stereocenters. The standard InChI is InChI=1S/C18H25N5O2/c24-18-20-17(21-25-18)16-4-3-15(13-19-16)23-11-6-14(7-12-23)5-10-22-8-1-2-9-22/h3-4,13-14H,1-2,5-12H2,(H,20,21,24). The van der Waals surface area contributed by atoms with Gasteiger partial charge in [-0.15, -0.1) is 0 Å². The third-order valence-corrected chi connectivity index (χ3v) is 5.46. The first-order valence-corrected chi connectivity index (χ1v) is 9.28. The lowest BCUT2D eigenvalue weighted by atomic mass is 9.93. The number of rotatable bonds is 5. The number of hydrogen-bond acceptors (Lipinski definition) is 6. The van der Waals surface area contributed by atoms with Gasteiger partial charge in [0.05, 0.1) is 11.9 Å². The van der Waals surface area contributed by atoms with E-state index in [0.717, 1.165) is 24.7 Å². The quantitative estimate of drug-likeness (QED) is 0.896. The van der Waals surface area contributed by atoms with Crippen molar-refractivity contribution in [2.45, 2.75) is 32.1 Å². The van der Waals surface area contributed by atoms with Gasteiger partial charge in [-0.05, 0) is 69.8 Å². The summed E-state index contributed by atoms with van der Waals surface area (Å²) in [5, 5.41) is 3.67. The van der Waals surface area contributed by atoms with E-state index in [-0.39, 0.29) is 0 Å². The van der Waals surface area contributed by atoms with Crippen LogP contribution >= 0.6 is 0 Å². The molecule has 0 saturated carbocycles. The highest BCUT2D eigenvalue weighted by Crippen LogP contribution is 2.26. The van der Waals surface area contributed by atoms with Crippen LogP contribution < -0.4 is 10.7 Å². The highest BCUT2D eigenvalue weighted by atomic mass is 16.5. The van der Waals surface area contributed by atoms with E-state index in [9.17, 15) is 4.79 Å². The first kappa shape index (κ1) is 16.3. The number of aromatic amines is 1. The number of hydrogen-bond donors (Lipinski definition) is 1. The van der Waals surface area contributed by atoms with Crippen LogP contribution in [0.5, 0.6) is 0 Å². The van der Waals surface area contributed by atoms with Crippen molar-refractivity contribution in [3.05, 3.63) is 28.9 Å². The van der Waals surface area contributed by atoms with Gasteiger partial charge in [0.2, 0.25) is 5.82 Å². The van der Waals surface area contributed by atoms with Crippen LogP contribution in [0.2, 0.25) is 0 Å². The molecule has 2 aromatic rings. The molecule has 4 rings (SSSR count). The van der Waals surface area contributed by atoms with Crippen molar-refractivity contribution in [2.24, 2.45) is 5.92 Å². The molecule has 0 spiro atoms. The summed E-state index contributed by atoms with van der Waals surface area (Å²) < 4.78 is 4.52. The minimum atomic E-state index is -0.558. The van der Waals surface area contributed by atoms with Gasteiger partial charge in [0.15, 0.2) is 0 Å². The molecule has 2 fully saturated rings. The van der Waals surface area contributed by atoms with E-state index >= 15 is 0 Å². The molecule has 7 heteroatoms. The molecule has 25 heavy (non-hydrogen) atoms. The monoisotopic (exact) mass is 343 g/mol. The Kier molecular flexibility index (Phi) is 4.83. The van der Waals surface area contributed by atoms with Gasteiger partial charge in [-0.2, -0.15) is 0 Å². The van der Waals surface area contributed by atoms with Crippen LogP contribution in [-0.2, 0) is 0 Å². The fourth-order valence-electron chi connectivity index (χ4n) is 3.90. The lowest BCUT2D eigenvalue weighted by Gasteiger charge is -2.34. The minimum absolute atomic E-state index is 0.372. The van der Waals surface area contributed by atoms with Crippen LogP contribution in [0.1, 0.15) is 32.1 Å². The van der Waals surface area contributed by atoms with Gasteiger partial charge < -0.3 is 9.80 Å². The van der Waals surface area contributed by atoms with E-state index in [2.05, 4.69) is 29.4 Å². The molecule has 1 N–H and O–H groups in total. The summed E-state index contributed by atoms with van der Waals surface area (Å²) in [4.78, 5) is 23.0. The van der Waals surface area contributed by atoms with Crippen molar-refractivity contribution in [1.82, 2.24) is 20.0 Å². The number of nitrogens with one attached hydrogen (secondary N) is 1. The number of pyridine rings is 1. The zero-order valence-corrected chi connectivity index (χ0v) is 14.5. The SMILES string of the molecule is O=c1[nH]c(-c2ccc(N3CCC(CCN4CCCC4)CC3)cn2)no1. The summed E-state index contributed by atoms with van der Waals surface area (Å²) in [5.41, 5.74) is 1.75. The largest absolute Gasteiger partial charge is 0.439 e. The Hall–Kier alpha value is -2.15. The number of aromatic nitrogens is 3. The molecule has 7 nitrogen and oxygen atoms in total. The minimum Gasteiger partial charge on any atom is -0.370 e. The maximum absolute atomic E-state index is 11.0. The first-order chi connectivity index (χ1) is 12.3. The number of H-pyrrole nitrogens is 1. The maximum atomic E-state index is 11.0. The molecule has 0 radical (unpaired) electrons. The number of piperidine rings is 1. The first-order valence-electron chi connectivity index (χ1n) is 9.28. The van der Waals surface area contributed by atoms with E-state index in [4.69, 9.17) is 0 Å². The second-order valence-corrected chi connectivity index (χ2v) is 7.11. The molecular weight excluding hydrogens is 318 g/mol. The Labute approximate surface area is 147 Å². The van der Waals surface area contributed by atoms with Gasteiger partial charge in [0.25, 0.3) is 0 Å². The molecular formula is C18H25N5O2. The van der Waals surface area contributed by atoms with Gasteiger partial charge >= 0.3 is 5.76 Å². The Morgan fingerprint density at radius 1 is 1.16 bits per heavy atom. The van der Waals surface area contributed by atoms with Gasteiger partial charge in [-0.3, -0.25) is 14.5 Å². The number of nitrogens with zero attached hydrogens (tertiary/aromatic N) is 4. The Morgan fingerprint density at radius 3 is 2.60 bits per heavy atom. The molecule has 0 aliphatic carbocycles. The fourth-order valence-corrected chi connectivity index (χ4v) is 3.90. The zero-order chi connectivity index (χ0) is 17.1. The van der Waals surface area contributed by atoms with Crippen LogP contribution in [-0.4, -0.2) is 52.7 Å². The van der Waals surface area contributed by atoms with Gasteiger partial charge in [-0.25, -0.2) is 4.79 Å². The van der Waals surface area contributed by atoms with Gasteiger partial charge in [-0.1, -0.05) is 5.16 Å². The highest BCUT2D eigenvalue weighted by molar-refractivity contribution is 5.54. The molecule has 0 aromatic carbocycles. The van der Waals surface area contributed by atoms with Crippen LogP contribution in [0, 0.1) is 5.92 Å². The summed E-state index contributed by atoms with van der Waals surface area (Å²) in [6.07, 6.45) is 8.46. The Bertz CT molecular complexity index is 724. The molecule has 2 aromatic heterocycles. The normalized spacial score (nSPS) is 19.6. The Morgan fingerprint density at radius 2 is 1.96 bits per heavy atom. The molecule has 0 atom stereocenters. The van der Waals surface area contributed by atoms with Crippen molar-refractivity contribution in [2.75, 3.05) is 37.6 Å². The average molecular weight is 343 g/mol. The van der Waals surface area contributed by atoms with Gasteiger partial charge in [0, 0.05) is 13.1 Å². The summed E-state index contributed by atoms with van der Waals surface area (Å²) in [6, 6.07) is 3.92. The predicted octanol–water partition coefficient (Wildman–Crippen LogP) is 2.13. The maximum Gasteiger partial charge on any atom is 0.439 e. The van der Waals surface area contributed by atoms with E-state index in [1.807, 2.05) is 18.3 Å². The smallest absolute Gasteiger partial charge is 0.370 e. The summed E-state index contributed by atoms with van der Waals surface area (Å²) in [6.45, 7) is 6.05. The molecule has 134 valence electrons. The predicted molar refractivity (Wildman–Crippen MR) is 95.6 cm³/mol. The molecule has 2 saturated heterocycles. The third-order valence-electron chi connectivity index (χ3n) is 5.46. The lowest BCUT2D eigenvalue weighted by Crippen LogP contribution is -2.35. The van der Waals surface area contributed by atoms with Crippen molar-refractivity contribution >= 4 is 5.69 Å². The molecule has 0 amide bonds. The van der Waals surface area contributed by atoms with Crippen LogP contribution in [0.4, 0.5) is 5.69 Å². The fraction of sp³-hybridized carbons (Fsp3) is 0.611. The van der Waals surface area contributed by atoms with Crippen LogP contribution in [0.15, 0.2) is 27.6 Å². The van der Waals surface area contributed by atoms with E-state index < -0.39 is 5.76 Å². The Balaban J connectivity index is 1.29. The molecule has 4 heterocycles. The number of anilines is 1. The summed E-state index contributed by atoms with van der Waals surface area (Å²) >= 11 is 0.